The van der Waals surface area contributed by atoms with Crippen molar-refractivity contribution >= 4 is 11.8 Å². The van der Waals surface area contributed by atoms with E-state index in [0.717, 1.165) is 0 Å². The van der Waals surface area contributed by atoms with Crippen molar-refractivity contribution in [3.05, 3.63) is 11.1 Å². The number of allylic oxidation sites excluding steroid dienone is 1. The zero-order valence-electron chi connectivity index (χ0n) is 9.90. The summed E-state index contributed by atoms with van der Waals surface area (Å²) in [6, 6.07) is 0. The van der Waals surface area contributed by atoms with Crippen LogP contribution in [0.2, 0.25) is 0 Å². The zero-order chi connectivity index (χ0) is 12.3. The van der Waals surface area contributed by atoms with Gasteiger partial charge < -0.3 is 14.2 Å². The van der Waals surface area contributed by atoms with Crippen LogP contribution in [0.1, 0.15) is 13.3 Å². The molecule has 0 saturated carbocycles. The smallest absolute Gasteiger partial charge is 0.334 e. The topological polar surface area (TPSA) is 61.8 Å². The summed E-state index contributed by atoms with van der Waals surface area (Å²) in [6.07, 6.45) is -0.312. The average Bonchev–Trinajstić information content (AvgIpc) is 2.58. The van der Waals surface area contributed by atoms with Gasteiger partial charge in [0.25, 0.3) is 0 Å². The molecule has 0 spiro atoms. The monoisotopic (exact) mass is 228 g/mol. The molecule has 1 aliphatic rings. The van der Waals surface area contributed by atoms with Crippen molar-refractivity contribution < 1.29 is 23.8 Å². The number of Topliss-reactive ketones (excluding diaryl/α,β-unsaturated/α-hetero) is 1. The Hall–Kier alpha value is -1.20. The van der Waals surface area contributed by atoms with E-state index in [0.29, 0.717) is 17.6 Å². The largest absolute Gasteiger partial charge is 0.466 e. The zero-order valence-corrected chi connectivity index (χ0v) is 9.90. The van der Waals surface area contributed by atoms with E-state index in [1.807, 2.05) is 0 Å². The molecular weight excluding hydrogens is 212 g/mol. The fourth-order valence-electron chi connectivity index (χ4n) is 1.90. The Morgan fingerprint density at radius 2 is 1.88 bits per heavy atom. The summed E-state index contributed by atoms with van der Waals surface area (Å²) in [6.45, 7) is 1.62. The molecule has 0 amide bonds. The average molecular weight is 228 g/mol. The summed E-state index contributed by atoms with van der Waals surface area (Å²) in [4.78, 5) is 23.3. The van der Waals surface area contributed by atoms with Crippen LogP contribution in [0, 0.1) is 5.92 Å². The number of carbonyl (C=O) groups excluding carboxylic acids is 2. The number of hydrogen-bond acceptors (Lipinski definition) is 5. The van der Waals surface area contributed by atoms with E-state index in [-0.39, 0.29) is 5.78 Å². The second kappa shape index (κ2) is 5.23. The molecule has 90 valence electrons. The third-order valence-electron chi connectivity index (χ3n) is 2.81. The van der Waals surface area contributed by atoms with Crippen LogP contribution in [-0.2, 0) is 23.8 Å². The second-order valence-corrected chi connectivity index (χ2v) is 3.61. The molecule has 1 atom stereocenters. The minimum atomic E-state index is -0.621. The van der Waals surface area contributed by atoms with Gasteiger partial charge in [-0.25, -0.2) is 4.79 Å². The maximum Gasteiger partial charge on any atom is 0.334 e. The molecule has 0 bridgehead atoms. The molecule has 1 unspecified atom stereocenters. The number of carbonyl (C=O) groups is 2. The second-order valence-electron chi connectivity index (χ2n) is 3.61. The maximum absolute atomic E-state index is 11.9. The SMILES string of the molecule is COC(=O)C1=C(C)C(=O)C(C(OC)OC)C1. The van der Waals surface area contributed by atoms with Crippen molar-refractivity contribution in [2.24, 2.45) is 5.92 Å². The highest BCUT2D eigenvalue weighted by molar-refractivity contribution is 6.08. The van der Waals surface area contributed by atoms with Crippen LogP contribution in [0.3, 0.4) is 0 Å². The van der Waals surface area contributed by atoms with Crippen LogP contribution in [0.4, 0.5) is 0 Å². The summed E-state index contributed by atoms with van der Waals surface area (Å²) in [5.74, 6) is -1.03. The first-order valence-corrected chi connectivity index (χ1v) is 4.94. The molecule has 0 aromatic heterocycles. The fraction of sp³-hybridized carbons (Fsp3) is 0.636. The van der Waals surface area contributed by atoms with Gasteiger partial charge >= 0.3 is 5.97 Å². The minimum absolute atomic E-state index is 0.117. The van der Waals surface area contributed by atoms with Crippen LogP contribution < -0.4 is 0 Å². The van der Waals surface area contributed by atoms with E-state index in [9.17, 15) is 9.59 Å². The standard InChI is InChI=1S/C11H16O5/c1-6-7(10(13)14-2)5-8(9(6)12)11(15-3)16-4/h8,11H,5H2,1-4H3. The van der Waals surface area contributed by atoms with E-state index in [2.05, 4.69) is 4.74 Å². The summed E-state index contributed by atoms with van der Waals surface area (Å²) >= 11 is 0. The lowest BCUT2D eigenvalue weighted by atomic mass is 10.0. The first-order chi connectivity index (χ1) is 7.56. The van der Waals surface area contributed by atoms with Gasteiger partial charge in [-0.15, -0.1) is 0 Å². The molecular formula is C11H16O5. The lowest BCUT2D eigenvalue weighted by molar-refractivity contribution is -0.152. The Balaban J connectivity index is 2.88. The minimum Gasteiger partial charge on any atom is -0.466 e. The third kappa shape index (κ3) is 2.15. The highest BCUT2D eigenvalue weighted by Crippen LogP contribution is 2.32. The van der Waals surface area contributed by atoms with Crippen molar-refractivity contribution in [2.45, 2.75) is 19.6 Å². The van der Waals surface area contributed by atoms with Gasteiger partial charge in [0.2, 0.25) is 0 Å². The molecule has 5 heteroatoms. The Kier molecular flexibility index (Phi) is 4.20. The Labute approximate surface area is 94.4 Å². The van der Waals surface area contributed by atoms with Gasteiger partial charge in [0, 0.05) is 25.4 Å². The van der Waals surface area contributed by atoms with Crippen LogP contribution in [-0.4, -0.2) is 39.4 Å². The Morgan fingerprint density at radius 1 is 1.31 bits per heavy atom. The number of methoxy groups -OCH3 is 3. The molecule has 5 nitrogen and oxygen atoms in total. The van der Waals surface area contributed by atoms with E-state index in [1.54, 1.807) is 6.92 Å². The third-order valence-corrected chi connectivity index (χ3v) is 2.81. The van der Waals surface area contributed by atoms with E-state index < -0.39 is 18.2 Å². The molecule has 1 aliphatic carbocycles. The van der Waals surface area contributed by atoms with E-state index in [1.165, 1.54) is 21.3 Å². The normalized spacial score (nSPS) is 20.8. The van der Waals surface area contributed by atoms with Crippen molar-refractivity contribution in [2.75, 3.05) is 21.3 Å². The molecule has 0 aromatic carbocycles. The Bertz CT molecular complexity index is 327. The highest BCUT2D eigenvalue weighted by Gasteiger charge is 2.39. The van der Waals surface area contributed by atoms with Crippen molar-refractivity contribution in [1.29, 1.82) is 0 Å². The number of esters is 1. The molecule has 16 heavy (non-hydrogen) atoms. The van der Waals surface area contributed by atoms with Crippen LogP contribution in [0.15, 0.2) is 11.1 Å². The number of hydrogen-bond donors (Lipinski definition) is 0. The molecule has 1 rings (SSSR count). The molecule has 0 saturated heterocycles. The quantitative estimate of drug-likeness (QED) is 0.523. The molecule has 0 radical (unpaired) electrons. The van der Waals surface area contributed by atoms with Gasteiger partial charge in [-0.1, -0.05) is 0 Å². The maximum atomic E-state index is 11.9. The molecule has 0 aliphatic heterocycles. The van der Waals surface area contributed by atoms with E-state index in [4.69, 9.17) is 9.47 Å². The van der Waals surface area contributed by atoms with Gasteiger partial charge in [0.15, 0.2) is 12.1 Å². The van der Waals surface area contributed by atoms with Crippen LogP contribution in [0.25, 0.3) is 0 Å². The summed E-state index contributed by atoms with van der Waals surface area (Å²) in [5.41, 5.74) is 0.854. The van der Waals surface area contributed by atoms with Gasteiger partial charge in [-0.3, -0.25) is 4.79 Å². The number of ether oxygens (including phenoxy) is 3. The van der Waals surface area contributed by atoms with Gasteiger partial charge in [0.1, 0.15) is 0 Å². The first-order valence-electron chi connectivity index (χ1n) is 4.94. The van der Waals surface area contributed by atoms with Gasteiger partial charge in [-0.05, 0) is 13.3 Å². The van der Waals surface area contributed by atoms with E-state index >= 15 is 0 Å². The number of rotatable bonds is 4. The molecule has 0 aromatic rings. The molecule has 0 heterocycles. The van der Waals surface area contributed by atoms with Crippen LogP contribution in [0.5, 0.6) is 0 Å². The summed E-state index contributed by atoms with van der Waals surface area (Å²) in [5, 5.41) is 0. The van der Waals surface area contributed by atoms with Crippen molar-refractivity contribution in [3.8, 4) is 0 Å². The Morgan fingerprint density at radius 3 is 2.31 bits per heavy atom. The van der Waals surface area contributed by atoms with Gasteiger partial charge in [-0.2, -0.15) is 0 Å². The van der Waals surface area contributed by atoms with Crippen molar-refractivity contribution in [3.63, 3.8) is 0 Å². The van der Waals surface area contributed by atoms with Crippen LogP contribution >= 0.6 is 0 Å². The van der Waals surface area contributed by atoms with Gasteiger partial charge in [0.05, 0.1) is 13.0 Å². The summed E-state index contributed by atoms with van der Waals surface area (Å²) in [7, 11) is 4.23. The summed E-state index contributed by atoms with van der Waals surface area (Å²) < 4.78 is 14.7. The fourth-order valence-corrected chi connectivity index (χ4v) is 1.90. The number of ketones is 1. The lowest BCUT2D eigenvalue weighted by Gasteiger charge is -2.19. The first kappa shape index (κ1) is 12.9. The lowest BCUT2D eigenvalue weighted by Crippen LogP contribution is -2.29. The highest BCUT2D eigenvalue weighted by atomic mass is 16.7. The van der Waals surface area contributed by atoms with Crippen molar-refractivity contribution in [1.82, 2.24) is 0 Å². The predicted octanol–water partition coefficient (Wildman–Crippen LogP) is 0.684. The molecule has 0 fully saturated rings. The predicted molar refractivity (Wildman–Crippen MR) is 55.6 cm³/mol. The molecule has 0 N–H and O–H groups in total.